The smallest absolute Gasteiger partial charge is 0.342 e. The van der Waals surface area contributed by atoms with E-state index in [1.807, 2.05) is 12.1 Å². The van der Waals surface area contributed by atoms with Gasteiger partial charge in [0, 0.05) is 17.0 Å². The summed E-state index contributed by atoms with van der Waals surface area (Å²) in [6.07, 6.45) is -0.590. The number of carbonyl (C=O) groups excluding carboxylic acids is 1. The summed E-state index contributed by atoms with van der Waals surface area (Å²) in [6.45, 7) is 1.71. The van der Waals surface area contributed by atoms with E-state index in [1.54, 1.807) is 43.3 Å². The lowest BCUT2D eigenvalue weighted by Gasteiger charge is -2.15. The van der Waals surface area contributed by atoms with Crippen molar-refractivity contribution in [3.63, 3.8) is 0 Å². The molecule has 2 aromatic carbocycles. The second-order valence-corrected chi connectivity index (χ2v) is 5.88. The van der Waals surface area contributed by atoms with Gasteiger partial charge in [-0.15, -0.1) is 0 Å². The number of aromatic nitrogens is 1. The molecule has 1 heterocycles. The lowest BCUT2D eigenvalue weighted by molar-refractivity contribution is 0.0334. The van der Waals surface area contributed by atoms with E-state index < -0.39 is 12.1 Å². The van der Waals surface area contributed by atoms with E-state index in [4.69, 9.17) is 21.1 Å². The van der Waals surface area contributed by atoms with Crippen molar-refractivity contribution in [2.45, 2.75) is 13.0 Å². The fourth-order valence-electron chi connectivity index (χ4n) is 2.54. The normalized spacial score (nSPS) is 12.0. The molecule has 3 rings (SSSR count). The number of nitrogens with zero attached hydrogens (tertiary/aromatic N) is 1. The van der Waals surface area contributed by atoms with Gasteiger partial charge >= 0.3 is 5.97 Å². The Kier molecular flexibility index (Phi) is 4.76. The predicted octanol–water partition coefficient (Wildman–Crippen LogP) is 4.52. The number of aromatic hydroxyl groups is 1. The number of halogens is 1. The third-order valence-corrected chi connectivity index (χ3v) is 4.07. The minimum absolute atomic E-state index is 0.0966. The number of carbonyl (C=O) groups is 1. The highest BCUT2D eigenvalue weighted by molar-refractivity contribution is 6.29. The quantitative estimate of drug-likeness (QED) is 0.549. The number of esters is 1. The first-order valence-corrected chi connectivity index (χ1v) is 8.00. The zero-order valence-electron chi connectivity index (χ0n) is 13.7. The summed E-state index contributed by atoms with van der Waals surface area (Å²) in [5.41, 5.74) is 0.753. The first-order valence-electron chi connectivity index (χ1n) is 7.62. The number of benzene rings is 2. The maximum atomic E-state index is 12.5. The molecule has 0 unspecified atom stereocenters. The number of ether oxygens (including phenoxy) is 2. The van der Waals surface area contributed by atoms with Gasteiger partial charge in [0.05, 0.1) is 7.11 Å². The Labute approximate surface area is 149 Å². The number of rotatable bonds is 4. The summed E-state index contributed by atoms with van der Waals surface area (Å²) < 4.78 is 10.5. The molecule has 0 spiro atoms. The Hall–Kier alpha value is -2.79. The van der Waals surface area contributed by atoms with Crippen LogP contribution in [-0.2, 0) is 4.74 Å². The van der Waals surface area contributed by atoms with E-state index in [-0.39, 0.29) is 16.5 Å². The summed E-state index contributed by atoms with van der Waals surface area (Å²) in [5.74, 6) is -0.387. The standard InChI is InChI=1S/C19H16ClNO4/c1-11(13-9-16(20)21-17(10-13)24-2)25-19(23)15-8-7-12-5-3-4-6-14(12)18(15)22/h3-11,22H,1-2H3/t11-/m1/s1. The van der Waals surface area contributed by atoms with Gasteiger partial charge in [-0.1, -0.05) is 41.9 Å². The Morgan fingerprint density at radius 1 is 1.20 bits per heavy atom. The van der Waals surface area contributed by atoms with Crippen LogP contribution in [0, 0.1) is 0 Å². The molecule has 5 nitrogen and oxygen atoms in total. The second kappa shape index (κ2) is 6.99. The van der Waals surface area contributed by atoms with Crippen molar-refractivity contribution >= 4 is 28.3 Å². The Bertz CT molecular complexity index is 942. The highest BCUT2D eigenvalue weighted by Crippen LogP contribution is 2.31. The third-order valence-electron chi connectivity index (χ3n) is 3.88. The summed E-state index contributed by atoms with van der Waals surface area (Å²) in [5, 5.41) is 12.1. The number of fused-ring (bicyclic) bond motifs is 1. The molecule has 0 bridgehead atoms. The maximum absolute atomic E-state index is 12.5. The average Bonchev–Trinajstić information content (AvgIpc) is 2.61. The SMILES string of the molecule is COc1cc([C@@H](C)OC(=O)c2ccc3ccccc3c2O)cc(Cl)n1. The van der Waals surface area contributed by atoms with Crippen LogP contribution < -0.4 is 4.74 Å². The fraction of sp³-hybridized carbons (Fsp3) is 0.158. The molecule has 128 valence electrons. The van der Waals surface area contributed by atoms with Gasteiger partial charge in [0.1, 0.15) is 22.6 Å². The summed E-state index contributed by atoms with van der Waals surface area (Å²) in [6, 6.07) is 13.8. The largest absolute Gasteiger partial charge is 0.506 e. The predicted molar refractivity (Wildman–Crippen MR) is 95.2 cm³/mol. The van der Waals surface area contributed by atoms with Crippen LogP contribution in [0.1, 0.15) is 28.9 Å². The highest BCUT2D eigenvalue weighted by atomic mass is 35.5. The van der Waals surface area contributed by atoms with Gasteiger partial charge in [0.2, 0.25) is 5.88 Å². The summed E-state index contributed by atoms with van der Waals surface area (Å²) in [4.78, 5) is 16.5. The molecule has 0 saturated heterocycles. The van der Waals surface area contributed by atoms with Crippen LogP contribution in [0.2, 0.25) is 5.15 Å². The molecular formula is C19H16ClNO4. The lowest BCUT2D eigenvalue weighted by Crippen LogP contribution is -2.10. The zero-order valence-corrected chi connectivity index (χ0v) is 14.4. The maximum Gasteiger partial charge on any atom is 0.342 e. The van der Waals surface area contributed by atoms with Crippen molar-refractivity contribution in [3.8, 4) is 11.6 Å². The molecule has 0 saturated carbocycles. The fourth-order valence-corrected chi connectivity index (χ4v) is 2.75. The number of pyridine rings is 1. The lowest BCUT2D eigenvalue weighted by atomic mass is 10.1. The molecular weight excluding hydrogens is 342 g/mol. The van der Waals surface area contributed by atoms with E-state index in [0.29, 0.717) is 16.8 Å². The van der Waals surface area contributed by atoms with Crippen LogP contribution >= 0.6 is 11.6 Å². The van der Waals surface area contributed by atoms with Gasteiger partial charge in [-0.25, -0.2) is 9.78 Å². The topological polar surface area (TPSA) is 68.7 Å². The zero-order chi connectivity index (χ0) is 18.0. The third kappa shape index (κ3) is 3.51. The van der Waals surface area contributed by atoms with Gasteiger partial charge in [0.25, 0.3) is 0 Å². The van der Waals surface area contributed by atoms with E-state index in [1.165, 1.54) is 7.11 Å². The van der Waals surface area contributed by atoms with E-state index in [9.17, 15) is 9.90 Å². The molecule has 0 aliphatic heterocycles. The number of hydrogen-bond donors (Lipinski definition) is 1. The first-order chi connectivity index (χ1) is 12.0. The molecule has 0 aliphatic carbocycles. The van der Waals surface area contributed by atoms with Gasteiger partial charge in [0.15, 0.2) is 0 Å². The van der Waals surface area contributed by atoms with E-state index in [0.717, 1.165) is 5.39 Å². The number of phenolic OH excluding ortho intramolecular Hbond substituents is 1. The van der Waals surface area contributed by atoms with Gasteiger partial charge < -0.3 is 14.6 Å². The Balaban J connectivity index is 1.87. The average molecular weight is 358 g/mol. The summed E-state index contributed by atoms with van der Waals surface area (Å²) in [7, 11) is 1.48. The molecule has 6 heteroatoms. The molecule has 0 aliphatic rings. The van der Waals surface area contributed by atoms with Crippen molar-refractivity contribution in [2.75, 3.05) is 7.11 Å². The highest BCUT2D eigenvalue weighted by Gasteiger charge is 2.19. The van der Waals surface area contributed by atoms with Crippen LogP contribution in [0.5, 0.6) is 11.6 Å². The van der Waals surface area contributed by atoms with Gasteiger partial charge in [-0.3, -0.25) is 0 Å². The van der Waals surface area contributed by atoms with Crippen LogP contribution in [0.4, 0.5) is 0 Å². The second-order valence-electron chi connectivity index (χ2n) is 5.50. The molecule has 0 amide bonds. The molecule has 25 heavy (non-hydrogen) atoms. The van der Waals surface area contributed by atoms with Crippen molar-refractivity contribution < 1.29 is 19.4 Å². The van der Waals surface area contributed by atoms with Crippen molar-refractivity contribution in [1.82, 2.24) is 4.98 Å². The minimum atomic E-state index is -0.623. The number of methoxy groups -OCH3 is 1. The van der Waals surface area contributed by atoms with E-state index in [2.05, 4.69) is 4.98 Å². The Morgan fingerprint density at radius 3 is 2.72 bits per heavy atom. The molecule has 1 atom stereocenters. The van der Waals surface area contributed by atoms with Crippen LogP contribution in [0.25, 0.3) is 10.8 Å². The summed E-state index contributed by atoms with van der Waals surface area (Å²) >= 11 is 5.95. The molecule has 0 radical (unpaired) electrons. The molecule has 1 N–H and O–H groups in total. The number of phenols is 1. The first kappa shape index (κ1) is 17.0. The minimum Gasteiger partial charge on any atom is -0.506 e. The Morgan fingerprint density at radius 2 is 1.96 bits per heavy atom. The number of hydrogen-bond acceptors (Lipinski definition) is 5. The van der Waals surface area contributed by atoms with Crippen molar-refractivity contribution in [1.29, 1.82) is 0 Å². The van der Waals surface area contributed by atoms with E-state index >= 15 is 0 Å². The molecule has 1 aromatic heterocycles. The molecule has 3 aromatic rings. The van der Waals surface area contributed by atoms with Crippen LogP contribution in [0.15, 0.2) is 48.5 Å². The van der Waals surface area contributed by atoms with Crippen molar-refractivity contribution in [3.05, 3.63) is 64.8 Å². The van der Waals surface area contributed by atoms with Gasteiger partial charge in [-0.05, 0) is 24.4 Å². The van der Waals surface area contributed by atoms with Crippen LogP contribution in [0.3, 0.4) is 0 Å². The van der Waals surface area contributed by atoms with Crippen molar-refractivity contribution in [2.24, 2.45) is 0 Å². The molecule has 0 fully saturated rings. The van der Waals surface area contributed by atoms with Gasteiger partial charge in [-0.2, -0.15) is 0 Å². The monoisotopic (exact) mass is 357 g/mol. The van der Waals surface area contributed by atoms with Crippen LogP contribution in [-0.4, -0.2) is 23.2 Å².